The molecule has 1 saturated heterocycles. The SMILES string of the molecule is [C-]#[N+]c1cncc(N(C(=O)C[C@@H]2CCC(=O)N2c2cc(C#N)ccn2)[C@H](C(=O)NC2CC(F)(F)C2)c2ccccc2)c1. The molecule has 1 aliphatic carbocycles. The Labute approximate surface area is 240 Å². The van der Waals surface area contributed by atoms with Crippen molar-refractivity contribution in [2.24, 2.45) is 0 Å². The zero-order chi connectivity index (χ0) is 29.9. The fourth-order valence-electron chi connectivity index (χ4n) is 5.31. The Bertz CT molecular complexity index is 1590. The van der Waals surface area contributed by atoms with Gasteiger partial charge in [0, 0.05) is 56.4 Å². The number of amides is 3. The summed E-state index contributed by atoms with van der Waals surface area (Å²) in [5, 5.41) is 12.0. The van der Waals surface area contributed by atoms with Crippen LogP contribution in [0.1, 0.15) is 49.3 Å². The number of benzene rings is 1. The number of nitrogens with zero attached hydrogens (tertiary/aromatic N) is 6. The number of alkyl halides is 2. The Hall–Kier alpha value is -5.23. The maximum absolute atomic E-state index is 14.2. The third-order valence-electron chi connectivity index (χ3n) is 7.30. The molecule has 5 rings (SSSR count). The molecule has 2 fully saturated rings. The predicted octanol–water partition coefficient (Wildman–Crippen LogP) is 4.47. The fourth-order valence-corrected chi connectivity index (χ4v) is 5.31. The molecule has 12 heteroatoms. The third kappa shape index (κ3) is 5.93. The summed E-state index contributed by atoms with van der Waals surface area (Å²) < 4.78 is 27.1. The molecule has 0 bridgehead atoms. The van der Waals surface area contributed by atoms with Crippen LogP contribution in [-0.4, -0.2) is 45.7 Å². The van der Waals surface area contributed by atoms with Gasteiger partial charge in [-0.25, -0.2) is 18.6 Å². The number of halogens is 2. The van der Waals surface area contributed by atoms with Crippen molar-refractivity contribution in [1.29, 1.82) is 5.26 Å². The lowest BCUT2D eigenvalue weighted by molar-refractivity contribution is -0.133. The zero-order valence-corrected chi connectivity index (χ0v) is 22.3. The lowest BCUT2D eigenvalue weighted by atomic mass is 9.87. The van der Waals surface area contributed by atoms with Crippen molar-refractivity contribution in [3.63, 3.8) is 0 Å². The van der Waals surface area contributed by atoms with Crippen LogP contribution in [0.5, 0.6) is 0 Å². The number of nitrogens with one attached hydrogen (secondary N) is 1. The van der Waals surface area contributed by atoms with Crippen molar-refractivity contribution in [3.05, 3.63) is 89.7 Å². The van der Waals surface area contributed by atoms with Crippen LogP contribution in [0.2, 0.25) is 0 Å². The molecule has 2 aromatic heterocycles. The molecular weight excluding hydrogens is 544 g/mol. The van der Waals surface area contributed by atoms with Gasteiger partial charge in [-0.2, -0.15) is 5.26 Å². The van der Waals surface area contributed by atoms with Gasteiger partial charge in [0.05, 0.1) is 23.9 Å². The monoisotopic (exact) mass is 569 g/mol. The van der Waals surface area contributed by atoms with Gasteiger partial charge in [-0.15, -0.1) is 0 Å². The van der Waals surface area contributed by atoms with E-state index in [0.717, 1.165) is 0 Å². The molecule has 1 saturated carbocycles. The number of carbonyl (C=O) groups is 3. The first-order chi connectivity index (χ1) is 20.2. The Kier molecular flexibility index (Phi) is 7.89. The Balaban J connectivity index is 1.52. The Morgan fingerprint density at radius 2 is 1.98 bits per heavy atom. The maximum atomic E-state index is 14.2. The van der Waals surface area contributed by atoms with E-state index in [0.29, 0.717) is 17.5 Å². The second-order valence-corrected chi connectivity index (χ2v) is 10.2. The summed E-state index contributed by atoms with van der Waals surface area (Å²) in [4.78, 5) is 55.1. The van der Waals surface area contributed by atoms with Crippen molar-refractivity contribution >= 4 is 34.9 Å². The molecule has 1 N–H and O–H groups in total. The van der Waals surface area contributed by atoms with Crippen LogP contribution in [0.3, 0.4) is 0 Å². The molecule has 2 atom stereocenters. The normalized spacial score (nSPS) is 18.3. The van der Waals surface area contributed by atoms with E-state index in [-0.39, 0.29) is 35.9 Å². The molecule has 0 radical (unpaired) electrons. The molecule has 0 unspecified atom stereocenters. The van der Waals surface area contributed by atoms with E-state index in [1.807, 2.05) is 6.07 Å². The summed E-state index contributed by atoms with van der Waals surface area (Å²) in [6.07, 6.45) is 3.34. The van der Waals surface area contributed by atoms with Crippen LogP contribution < -0.4 is 15.1 Å². The highest BCUT2D eigenvalue weighted by atomic mass is 19.3. The maximum Gasteiger partial charge on any atom is 0.252 e. The lowest BCUT2D eigenvalue weighted by Crippen LogP contribution is -2.54. The number of carbonyl (C=O) groups excluding carboxylic acids is 3. The standard InChI is InChI=1S/C30H25F2N7O3/c1-34-21-12-24(18-35-17-21)39(28(20-5-3-2-4-6-20)29(42)37-22-14-30(31,32)15-22)27(41)13-23-7-8-26(40)38(23)25-11-19(16-33)9-10-36-25/h2-6,9-12,17-18,22-23,28H,7-8,13-15H2,(H,37,42)/t23-,28-/m0/s1. The minimum atomic E-state index is -2.86. The molecule has 10 nitrogen and oxygen atoms in total. The molecular formula is C30H25F2N7O3. The molecule has 2 aliphatic rings. The quantitative estimate of drug-likeness (QED) is 0.399. The van der Waals surface area contributed by atoms with E-state index < -0.39 is 48.7 Å². The van der Waals surface area contributed by atoms with Crippen LogP contribution in [0.4, 0.5) is 26.0 Å². The first-order valence-corrected chi connectivity index (χ1v) is 13.2. The van der Waals surface area contributed by atoms with Crippen LogP contribution >= 0.6 is 0 Å². The number of rotatable bonds is 8. The van der Waals surface area contributed by atoms with E-state index in [9.17, 15) is 28.4 Å². The topological polar surface area (TPSA) is 124 Å². The molecule has 1 aromatic carbocycles. The molecule has 3 heterocycles. The van der Waals surface area contributed by atoms with Crippen molar-refractivity contribution in [2.75, 3.05) is 9.80 Å². The van der Waals surface area contributed by atoms with Gasteiger partial charge in [0.2, 0.25) is 23.4 Å². The van der Waals surface area contributed by atoms with E-state index in [1.165, 1.54) is 46.6 Å². The van der Waals surface area contributed by atoms with E-state index in [4.69, 9.17) is 6.57 Å². The number of hydrogen-bond acceptors (Lipinski definition) is 6. The van der Waals surface area contributed by atoms with E-state index >= 15 is 0 Å². The highest BCUT2D eigenvalue weighted by Gasteiger charge is 2.47. The Morgan fingerprint density at radius 3 is 2.67 bits per heavy atom. The Morgan fingerprint density at radius 1 is 1.21 bits per heavy atom. The highest BCUT2D eigenvalue weighted by Crippen LogP contribution is 2.39. The fraction of sp³-hybridized carbons (Fsp3) is 0.300. The van der Waals surface area contributed by atoms with Crippen molar-refractivity contribution < 1.29 is 23.2 Å². The van der Waals surface area contributed by atoms with Gasteiger partial charge in [0.25, 0.3) is 5.92 Å². The van der Waals surface area contributed by atoms with Gasteiger partial charge in [-0.1, -0.05) is 30.3 Å². The summed E-state index contributed by atoms with van der Waals surface area (Å²) >= 11 is 0. The molecule has 42 heavy (non-hydrogen) atoms. The average Bonchev–Trinajstić information content (AvgIpc) is 3.34. The number of pyridine rings is 2. The largest absolute Gasteiger partial charge is 0.351 e. The van der Waals surface area contributed by atoms with Gasteiger partial charge in [-0.05, 0) is 30.2 Å². The van der Waals surface area contributed by atoms with Crippen LogP contribution in [-0.2, 0) is 14.4 Å². The summed E-state index contributed by atoms with van der Waals surface area (Å²) in [6.45, 7) is 7.42. The summed E-state index contributed by atoms with van der Waals surface area (Å²) in [5.41, 5.74) is 1.02. The van der Waals surface area contributed by atoms with Crippen molar-refractivity contribution in [2.45, 2.75) is 56.2 Å². The molecule has 1 aliphatic heterocycles. The second kappa shape index (κ2) is 11.7. The number of anilines is 2. The smallest absolute Gasteiger partial charge is 0.252 e. The van der Waals surface area contributed by atoms with Crippen LogP contribution in [0.25, 0.3) is 4.85 Å². The molecule has 212 valence electrons. The number of nitriles is 1. The minimum Gasteiger partial charge on any atom is -0.351 e. The van der Waals surface area contributed by atoms with Crippen LogP contribution in [0.15, 0.2) is 67.1 Å². The molecule has 3 amide bonds. The highest BCUT2D eigenvalue weighted by molar-refractivity contribution is 6.03. The summed E-state index contributed by atoms with van der Waals surface area (Å²) in [6, 6.07) is 12.2. The lowest BCUT2D eigenvalue weighted by Gasteiger charge is -2.38. The summed E-state index contributed by atoms with van der Waals surface area (Å²) in [5.74, 6) is -4.10. The number of hydrogen-bond donors (Lipinski definition) is 1. The van der Waals surface area contributed by atoms with Crippen LogP contribution in [0, 0.1) is 17.9 Å². The van der Waals surface area contributed by atoms with Gasteiger partial charge >= 0.3 is 0 Å². The predicted molar refractivity (Wildman–Crippen MR) is 147 cm³/mol. The average molecular weight is 570 g/mol. The molecule has 0 spiro atoms. The first-order valence-electron chi connectivity index (χ1n) is 13.2. The van der Waals surface area contributed by atoms with Gasteiger partial charge in [0.1, 0.15) is 11.9 Å². The summed E-state index contributed by atoms with van der Waals surface area (Å²) in [7, 11) is 0. The van der Waals surface area contributed by atoms with E-state index in [2.05, 4.69) is 20.1 Å². The van der Waals surface area contributed by atoms with Gasteiger partial charge in [0.15, 0.2) is 0 Å². The van der Waals surface area contributed by atoms with Crippen molar-refractivity contribution in [1.82, 2.24) is 15.3 Å². The minimum absolute atomic E-state index is 0.131. The zero-order valence-electron chi connectivity index (χ0n) is 22.3. The third-order valence-corrected chi connectivity index (χ3v) is 7.30. The van der Waals surface area contributed by atoms with Gasteiger partial charge in [-0.3, -0.25) is 29.2 Å². The van der Waals surface area contributed by atoms with E-state index in [1.54, 1.807) is 30.3 Å². The second-order valence-electron chi connectivity index (χ2n) is 10.2. The van der Waals surface area contributed by atoms with Gasteiger partial charge < -0.3 is 5.32 Å². The first kappa shape index (κ1) is 28.3. The molecule has 3 aromatic rings. The van der Waals surface area contributed by atoms with Crippen molar-refractivity contribution in [3.8, 4) is 6.07 Å². The number of aromatic nitrogens is 2.